The topological polar surface area (TPSA) is 79.7 Å². The van der Waals surface area contributed by atoms with Crippen LogP contribution in [-0.4, -0.2) is 27.8 Å². The third-order valence-electron chi connectivity index (χ3n) is 3.76. The number of hydrogen-bond acceptors (Lipinski definition) is 4. The summed E-state index contributed by atoms with van der Waals surface area (Å²) in [5, 5.41) is 20.0. The number of phenols is 1. The third-order valence-corrected chi connectivity index (χ3v) is 4.37. The van der Waals surface area contributed by atoms with Crippen LogP contribution < -0.4 is 4.74 Å². The number of halogens is 1. The van der Waals surface area contributed by atoms with Crippen LogP contribution in [0, 0.1) is 0 Å². The van der Waals surface area contributed by atoms with E-state index in [1.165, 1.54) is 0 Å². The number of aromatic hydroxyl groups is 1. The molecule has 0 saturated carbocycles. The molecule has 2 N–H and O–H groups in total. The zero-order chi connectivity index (χ0) is 18.7. The average molecular weight is 414 g/mol. The summed E-state index contributed by atoms with van der Waals surface area (Å²) in [4.78, 5) is 16.0. The van der Waals surface area contributed by atoms with Crippen LogP contribution >= 0.6 is 15.9 Å². The van der Waals surface area contributed by atoms with E-state index in [0.717, 1.165) is 5.56 Å². The van der Waals surface area contributed by atoms with Gasteiger partial charge in [-0.1, -0.05) is 24.3 Å². The van der Waals surface area contributed by atoms with Crippen LogP contribution in [0.2, 0.25) is 0 Å². The number of carboxylic acids is 1. The first-order valence-corrected chi connectivity index (χ1v) is 8.75. The van der Waals surface area contributed by atoms with E-state index in [9.17, 15) is 15.0 Å². The maximum atomic E-state index is 11.5. The van der Waals surface area contributed by atoms with Crippen LogP contribution in [0.5, 0.6) is 11.5 Å². The number of aromatic carboxylic acids is 1. The smallest absolute Gasteiger partial charge is 0.336 e. The van der Waals surface area contributed by atoms with Gasteiger partial charge >= 0.3 is 5.97 Å². The number of nitrogens with zero attached hydrogens (tertiary/aromatic N) is 1. The van der Waals surface area contributed by atoms with Gasteiger partial charge in [0.25, 0.3) is 0 Å². The molecule has 0 unspecified atom stereocenters. The van der Waals surface area contributed by atoms with Gasteiger partial charge in [-0.05, 0) is 58.8 Å². The standard InChI is InChI=1S/C20H16BrNO4/c1-2-26-18-10-12(9-16(21)19(18)23)7-8-13-11-15(20(24)25)14-5-3-4-6-17(14)22-13/h3-11,23H,2H2,1H3,(H,24,25)/b8-7+. The number of phenolic OH excluding ortho intramolecular Hbond substituents is 1. The van der Waals surface area contributed by atoms with Gasteiger partial charge in [-0.3, -0.25) is 0 Å². The molecule has 132 valence electrons. The summed E-state index contributed by atoms with van der Waals surface area (Å²) in [6.07, 6.45) is 3.52. The van der Waals surface area contributed by atoms with Crippen LogP contribution in [0.3, 0.4) is 0 Å². The van der Waals surface area contributed by atoms with Crippen LogP contribution in [0.25, 0.3) is 23.1 Å². The molecule has 0 amide bonds. The minimum absolute atomic E-state index is 0.0426. The zero-order valence-corrected chi connectivity index (χ0v) is 15.5. The molecular weight excluding hydrogens is 398 g/mol. The Morgan fingerprint density at radius 3 is 2.73 bits per heavy atom. The summed E-state index contributed by atoms with van der Waals surface area (Å²) < 4.78 is 5.93. The maximum Gasteiger partial charge on any atom is 0.336 e. The fourth-order valence-corrected chi connectivity index (χ4v) is 3.06. The van der Waals surface area contributed by atoms with Gasteiger partial charge in [-0.2, -0.15) is 0 Å². The Bertz CT molecular complexity index is 1010. The summed E-state index contributed by atoms with van der Waals surface area (Å²) in [6, 6.07) is 12.1. The second-order valence-corrected chi connectivity index (χ2v) is 6.39. The summed E-state index contributed by atoms with van der Waals surface area (Å²) >= 11 is 3.30. The van der Waals surface area contributed by atoms with Crippen molar-refractivity contribution in [2.45, 2.75) is 6.92 Å². The van der Waals surface area contributed by atoms with Gasteiger partial charge in [0.05, 0.1) is 27.9 Å². The highest BCUT2D eigenvalue weighted by atomic mass is 79.9. The quantitative estimate of drug-likeness (QED) is 0.616. The molecule has 0 fully saturated rings. The second kappa shape index (κ2) is 7.58. The molecule has 0 radical (unpaired) electrons. The normalized spacial score (nSPS) is 11.2. The van der Waals surface area contributed by atoms with Gasteiger partial charge in [0.2, 0.25) is 0 Å². The zero-order valence-electron chi connectivity index (χ0n) is 13.9. The van der Waals surface area contributed by atoms with Crippen molar-refractivity contribution < 1.29 is 19.7 Å². The molecular formula is C20H16BrNO4. The van der Waals surface area contributed by atoms with E-state index in [1.54, 1.807) is 48.6 Å². The van der Waals surface area contributed by atoms with E-state index in [4.69, 9.17) is 4.74 Å². The maximum absolute atomic E-state index is 11.5. The van der Waals surface area contributed by atoms with Gasteiger partial charge in [-0.15, -0.1) is 0 Å². The van der Waals surface area contributed by atoms with Gasteiger partial charge in [0, 0.05) is 5.39 Å². The van der Waals surface area contributed by atoms with Crippen LogP contribution in [-0.2, 0) is 0 Å². The van der Waals surface area contributed by atoms with Gasteiger partial charge in [0.1, 0.15) is 0 Å². The summed E-state index contributed by atoms with van der Waals surface area (Å²) in [5.74, 6) is -0.579. The van der Waals surface area contributed by atoms with Crippen molar-refractivity contribution in [2.24, 2.45) is 0 Å². The Labute approximate surface area is 158 Å². The Morgan fingerprint density at radius 1 is 1.23 bits per heavy atom. The lowest BCUT2D eigenvalue weighted by Crippen LogP contribution is -2.00. The van der Waals surface area contributed by atoms with Crippen LogP contribution in [0.15, 0.2) is 46.9 Å². The molecule has 5 nitrogen and oxygen atoms in total. The third kappa shape index (κ3) is 3.70. The lowest BCUT2D eigenvalue weighted by atomic mass is 10.1. The van der Waals surface area contributed by atoms with Crippen LogP contribution in [0.4, 0.5) is 0 Å². The number of hydrogen-bond donors (Lipinski definition) is 2. The molecule has 0 spiro atoms. The first-order valence-electron chi connectivity index (χ1n) is 7.96. The number of carbonyl (C=O) groups is 1. The van der Waals surface area contributed by atoms with Crippen LogP contribution in [0.1, 0.15) is 28.5 Å². The average Bonchev–Trinajstić information content (AvgIpc) is 2.63. The van der Waals surface area contributed by atoms with Crippen molar-refractivity contribution >= 4 is 45.0 Å². The van der Waals surface area contributed by atoms with Gasteiger partial charge in [0.15, 0.2) is 11.5 Å². The molecule has 2 aromatic carbocycles. The van der Waals surface area contributed by atoms with Gasteiger partial charge < -0.3 is 14.9 Å². The van der Waals surface area contributed by atoms with Crippen molar-refractivity contribution in [3.05, 3.63) is 63.8 Å². The largest absolute Gasteiger partial charge is 0.503 e. The number of carboxylic acid groups (broad SMARTS) is 1. The van der Waals surface area contributed by atoms with Crippen molar-refractivity contribution in [3.63, 3.8) is 0 Å². The highest BCUT2D eigenvalue weighted by Gasteiger charge is 2.11. The van der Waals surface area contributed by atoms with E-state index in [1.807, 2.05) is 13.0 Å². The molecule has 0 saturated heterocycles. The van der Waals surface area contributed by atoms with E-state index in [-0.39, 0.29) is 11.3 Å². The Kier molecular flexibility index (Phi) is 5.23. The summed E-state index contributed by atoms with van der Waals surface area (Å²) in [7, 11) is 0. The highest BCUT2D eigenvalue weighted by Crippen LogP contribution is 2.36. The van der Waals surface area contributed by atoms with Crippen molar-refractivity contribution in [2.75, 3.05) is 6.61 Å². The molecule has 0 aliphatic rings. The fraction of sp³-hybridized carbons (Fsp3) is 0.100. The molecule has 3 aromatic rings. The number of ether oxygens (including phenoxy) is 1. The first kappa shape index (κ1) is 17.9. The SMILES string of the molecule is CCOc1cc(/C=C/c2cc(C(=O)O)c3ccccc3n2)cc(Br)c1O. The van der Waals surface area contributed by atoms with Crippen molar-refractivity contribution in [1.82, 2.24) is 4.98 Å². The molecule has 26 heavy (non-hydrogen) atoms. The molecule has 0 aliphatic heterocycles. The summed E-state index contributed by atoms with van der Waals surface area (Å²) in [5.41, 5.74) is 2.14. The molecule has 0 aliphatic carbocycles. The lowest BCUT2D eigenvalue weighted by Gasteiger charge is -2.08. The molecule has 6 heteroatoms. The predicted octanol–water partition coefficient (Wildman–Crippen LogP) is 4.97. The lowest BCUT2D eigenvalue weighted by molar-refractivity contribution is 0.0699. The van der Waals surface area contributed by atoms with Crippen molar-refractivity contribution in [1.29, 1.82) is 0 Å². The number of fused-ring (bicyclic) bond motifs is 1. The predicted molar refractivity (Wildman–Crippen MR) is 105 cm³/mol. The highest BCUT2D eigenvalue weighted by molar-refractivity contribution is 9.10. The van der Waals surface area contributed by atoms with E-state index >= 15 is 0 Å². The minimum atomic E-state index is -0.996. The van der Waals surface area contributed by atoms with E-state index < -0.39 is 5.97 Å². The number of para-hydroxylation sites is 1. The molecule has 1 heterocycles. The monoisotopic (exact) mass is 413 g/mol. The fourth-order valence-electron chi connectivity index (χ4n) is 2.60. The number of rotatable bonds is 5. The molecule has 3 rings (SSSR count). The Balaban J connectivity index is 2.02. The molecule has 1 aromatic heterocycles. The minimum Gasteiger partial charge on any atom is -0.503 e. The van der Waals surface area contributed by atoms with E-state index in [0.29, 0.717) is 33.4 Å². The number of pyridine rings is 1. The Morgan fingerprint density at radius 2 is 2.00 bits per heavy atom. The number of benzene rings is 2. The molecule has 0 bridgehead atoms. The second-order valence-electron chi connectivity index (χ2n) is 5.53. The summed E-state index contributed by atoms with van der Waals surface area (Å²) in [6.45, 7) is 2.27. The van der Waals surface area contributed by atoms with Crippen molar-refractivity contribution in [3.8, 4) is 11.5 Å². The van der Waals surface area contributed by atoms with Gasteiger partial charge in [-0.25, -0.2) is 9.78 Å². The van der Waals surface area contributed by atoms with E-state index in [2.05, 4.69) is 20.9 Å². The Hall–Kier alpha value is -2.86. The number of aromatic nitrogens is 1. The molecule has 0 atom stereocenters. The first-order chi connectivity index (χ1) is 12.5.